The minimum atomic E-state index is -0.144. The van der Waals surface area contributed by atoms with E-state index in [-0.39, 0.29) is 11.9 Å². The van der Waals surface area contributed by atoms with Gasteiger partial charge in [0.05, 0.1) is 25.5 Å². The Kier molecular flexibility index (Phi) is 4.93. The van der Waals surface area contributed by atoms with Gasteiger partial charge in [0.2, 0.25) is 5.91 Å². The predicted octanol–water partition coefficient (Wildman–Crippen LogP) is -0.200. The topological polar surface area (TPSA) is 59.4 Å². The molecule has 6 heteroatoms. The average molecular weight is 266 g/mol. The van der Waals surface area contributed by atoms with Crippen LogP contribution in [0.25, 0.3) is 0 Å². The first-order valence-electron chi connectivity index (χ1n) is 6.74. The van der Waals surface area contributed by atoms with E-state index in [1.807, 2.05) is 31.3 Å². The molecule has 0 aromatic carbocycles. The van der Waals surface area contributed by atoms with Crippen LogP contribution in [0, 0.1) is 0 Å². The summed E-state index contributed by atoms with van der Waals surface area (Å²) in [4.78, 5) is 14.0. The number of nitrogens with zero attached hydrogens (tertiary/aromatic N) is 3. The van der Waals surface area contributed by atoms with E-state index in [0.29, 0.717) is 26.3 Å². The summed E-state index contributed by atoms with van der Waals surface area (Å²) >= 11 is 0. The lowest BCUT2D eigenvalue weighted by Gasteiger charge is -2.29. The van der Waals surface area contributed by atoms with Crippen LogP contribution in [-0.2, 0) is 23.0 Å². The first-order valence-corrected chi connectivity index (χ1v) is 6.74. The van der Waals surface area contributed by atoms with E-state index in [1.165, 1.54) is 5.56 Å². The zero-order valence-corrected chi connectivity index (χ0v) is 11.6. The molecule has 106 valence electrons. The summed E-state index contributed by atoms with van der Waals surface area (Å²) in [5, 5.41) is 7.39. The number of hydrogen-bond acceptors (Lipinski definition) is 4. The molecule has 0 bridgehead atoms. The van der Waals surface area contributed by atoms with Gasteiger partial charge in [-0.2, -0.15) is 5.10 Å². The van der Waals surface area contributed by atoms with Crippen molar-refractivity contribution in [3.05, 3.63) is 18.0 Å². The molecule has 1 atom stereocenters. The molecular formula is C13H22N4O2. The second-order valence-corrected chi connectivity index (χ2v) is 4.89. The highest BCUT2D eigenvalue weighted by atomic mass is 16.5. The van der Waals surface area contributed by atoms with Crippen LogP contribution in [0.4, 0.5) is 0 Å². The van der Waals surface area contributed by atoms with Crippen LogP contribution in [0.2, 0.25) is 0 Å². The minimum Gasteiger partial charge on any atom is -0.378 e. The van der Waals surface area contributed by atoms with Gasteiger partial charge >= 0.3 is 0 Å². The molecule has 1 unspecified atom stereocenters. The maximum Gasteiger partial charge on any atom is 0.239 e. The molecule has 1 aromatic heterocycles. The summed E-state index contributed by atoms with van der Waals surface area (Å²) in [5.74, 6) is 0.162. The summed E-state index contributed by atoms with van der Waals surface area (Å²) in [6, 6.07) is -0.144. The van der Waals surface area contributed by atoms with Crippen molar-refractivity contribution in [3.63, 3.8) is 0 Å². The number of rotatable bonds is 5. The molecule has 0 radical (unpaired) electrons. The van der Waals surface area contributed by atoms with Gasteiger partial charge in [-0.15, -0.1) is 0 Å². The smallest absolute Gasteiger partial charge is 0.239 e. The second kappa shape index (κ2) is 6.68. The van der Waals surface area contributed by atoms with Gasteiger partial charge in [0.25, 0.3) is 0 Å². The van der Waals surface area contributed by atoms with E-state index in [0.717, 1.165) is 13.0 Å². The fourth-order valence-electron chi connectivity index (χ4n) is 2.18. The van der Waals surface area contributed by atoms with Crippen molar-refractivity contribution < 1.29 is 9.53 Å². The lowest BCUT2D eigenvalue weighted by atomic mass is 10.2. The standard InChI is InChI=1S/C13H22N4O2/c1-11(13(18)17-5-7-19-8-6-17)14-4-3-12-9-15-16(2)10-12/h9-11,14H,3-8H2,1-2H3. The number of amides is 1. The molecule has 2 heterocycles. The molecule has 6 nitrogen and oxygen atoms in total. The fourth-order valence-corrected chi connectivity index (χ4v) is 2.18. The van der Waals surface area contributed by atoms with E-state index in [4.69, 9.17) is 4.74 Å². The highest BCUT2D eigenvalue weighted by Gasteiger charge is 2.21. The van der Waals surface area contributed by atoms with Crippen LogP contribution in [0.1, 0.15) is 12.5 Å². The van der Waals surface area contributed by atoms with Crippen molar-refractivity contribution in [3.8, 4) is 0 Å². The van der Waals surface area contributed by atoms with Crippen molar-refractivity contribution in [2.45, 2.75) is 19.4 Å². The van der Waals surface area contributed by atoms with Crippen molar-refractivity contribution >= 4 is 5.91 Å². The molecule has 1 aliphatic rings. The van der Waals surface area contributed by atoms with Crippen molar-refractivity contribution in [2.24, 2.45) is 7.05 Å². The van der Waals surface area contributed by atoms with Crippen LogP contribution in [0.15, 0.2) is 12.4 Å². The summed E-state index contributed by atoms with van der Waals surface area (Å²) in [7, 11) is 1.90. The Morgan fingerprint density at radius 3 is 2.89 bits per heavy atom. The van der Waals surface area contributed by atoms with Gasteiger partial charge in [0.15, 0.2) is 0 Å². The van der Waals surface area contributed by atoms with Gasteiger partial charge in [0.1, 0.15) is 0 Å². The van der Waals surface area contributed by atoms with Crippen LogP contribution >= 0.6 is 0 Å². The SMILES string of the molecule is CC(NCCc1cnn(C)c1)C(=O)N1CCOCC1. The molecule has 0 aliphatic carbocycles. The summed E-state index contributed by atoms with van der Waals surface area (Å²) in [6.45, 7) is 5.40. The monoisotopic (exact) mass is 266 g/mol. The van der Waals surface area contributed by atoms with Crippen molar-refractivity contribution in [1.29, 1.82) is 0 Å². The fraction of sp³-hybridized carbons (Fsp3) is 0.692. The zero-order valence-electron chi connectivity index (χ0n) is 11.6. The first kappa shape index (κ1) is 14.0. The molecule has 1 aliphatic heterocycles. The van der Waals surface area contributed by atoms with Gasteiger partial charge in [-0.3, -0.25) is 9.48 Å². The molecule has 19 heavy (non-hydrogen) atoms. The molecular weight excluding hydrogens is 244 g/mol. The zero-order chi connectivity index (χ0) is 13.7. The number of carbonyl (C=O) groups is 1. The van der Waals surface area contributed by atoms with Gasteiger partial charge < -0.3 is 15.0 Å². The quantitative estimate of drug-likeness (QED) is 0.802. The minimum absolute atomic E-state index is 0.144. The largest absolute Gasteiger partial charge is 0.378 e. The number of morpholine rings is 1. The lowest BCUT2D eigenvalue weighted by Crippen LogP contribution is -2.49. The number of hydrogen-bond donors (Lipinski definition) is 1. The Balaban J connectivity index is 1.71. The number of nitrogens with one attached hydrogen (secondary N) is 1. The Morgan fingerprint density at radius 2 is 2.26 bits per heavy atom. The van der Waals surface area contributed by atoms with E-state index >= 15 is 0 Å². The van der Waals surface area contributed by atoms with E-state index in [2.05, 4.69) is 10.4 Å². The van der Waals surface area contributed by atoms with Crippen molar-refractivity contribution in [1.82, 2.24) is 20.0 Å². The molecule has 1 saturated heterocycles. The maximum atomic E-state index is 12.1. The lowest BCUT2D eigenvalue weighted by molar-refractivity contribution is -0.137. The van der Waals surface area contributed by atoms with E-state index in [9.17, 15) is 4.79 Å². The first-order chi connectivity index (χ1) is 9.16. The third-order valence-electron chi connectivity index (χ3n) is 3.32. The van der Waals surface area contributed by atoms with Gasteiger partial charge in [-0.05, 0) is 18.9 Å². The average Bonchev–Trinajstić information content (AvgIpc) is 2.84. The predicted molar refractivity (Wildman–Crippen MR) is 71.8 cm³/mol. The van der Waals surface area contributed by atoms with Gasteiger partial charge in [0, 0.05) is 32.9 Å². The van der Waals surface area contributed by atoms with Crippen LogP contribution in [0.3, 0.4) is 0 Å². The van der Waals surface area contributed by atoms with Crippen molar-refractivity contribution in [2.75, 3.05) is 32.8 Å². The highest BCUT2D eigenvalue weighted by molar-refractivity contribution is 5.81. The Bertz CT molecular complexity index is 413. The normalized spacial score (nSPS) is 17.5. The molecule has 0 saturated carbocycles. The molecule has 0 spiro atoms. The Labute approximate surface area is 113 Å². The Morgan fingerprint density at radius 1 is 1.53 bits per heavy atom. The van der Waals surface area contributed by atoms with Gasteiger partial charge in [-0.1, -0.05) is 0 Å². The number of aromatic nitrogens is 2. The number of aryl methyl sites for hydroxylation is 1. The molecule has 1 amide bonds. The summed E-state index contributed by atoms with van der Waals surface area (Å²) in [6.07, 6.45) is 4.74. The van der Waals surface area contributed by atoms with E-state index < -0.39 is 0 Å². The second-order valence-electron chi connectivity index (χ2n) is 4.89. The third-order valence-corrected chi connectivity index (χ3v) is 3.32. The van der Waals surface area contributed by atoms with Crippen LogP contribution in [-0.4, -0.2) is 59.5 Å². The summed E-state index contributed by atoms with van der Waals surface area (Å²) in [5.41, 5.74) is 1.18. The highest BCUT2D eigenvalue weighted by Crippen LogP contribution is 2.01. The molecule has 1 aromatic rings. The Hall–Kier alpha value is -1.40. The maximum absolute atomic E-state index is 12.1. The number of carbonyl (C=O) groups excluding carboxylic acids is 1. The molecule has 1 N–H and O–H groups in total. The van der Waals surface area contributed by atoms with Gasteiger partial charge in [-0.25, -0.2) is 0 Å². The molecule has 1 fully saturated rings. The van der Waals surface area contributed by atoms with Crippen LogP contribution < -0.4 is 5.32 Å². The van der Waals surface area contributed by atoms with Crippen LogP contribution in [0.5, 0.6) is 0 Å². The number of ether oxygens (including phenoxy) is 1. The summed E-state index contributed by atoms with van der Waals surface area (Å²) < 4.78 is 7.04. The third kappa shape index (κ3) is 4.04. The van der Waals surface area contributed by atoms with E-state index in [1.54, 1.807) is 4.68 Å². The molecule has 2 rings (SSSR count).